The Morgan fingerprint density at radius 1 is 1.36 bits per heavy atom. The number of likely N-dealkylation sites (N-methyl/N-ethyl adjacent to an activating group) is 1. The number of amides is 4. The molecule has 22 heavy (non-hydrogen) atoms. The molecule has 0 aliphatic carbocycles. The number of benzene rings is 1. The van der Waals surface area contributed by atoms with Crippen molar-refractivity contribution in [2.75, 3.05) is 25.5 Å². The van der Waals surface area contributed by atoms with Crippen molar-refractivity contribution >= 4 is 35.1 Å². The summed E-state index contributed by atoms with van der Waals surface area (Å²) >= 11 is 5.86. The van der Waals surface area contributed by atoms with Crippen LogP contribution in [-0.2, 0) is 9.59 Å². The Bertz CT molecular complexity index is 618. The van der Waals surface area contributed by atoms with E-state index < -0.39 is 0 Å². The van der Waals surface area contributed by atoms with Crippen molar-refractivity contribution < 1.29 is 14.4 Å². The molecule has 0 bridgehead atoms. The van der Waals surface area contributed by atoms with E-state index in [0.717, 1.165) is 5.56 Å². The SMILES string of the molecule is Cc1cc(Cl)ccc1NC(=O)CCCN1C(=O)CN(C)C1=O. The largest absolute Gasteiger partial charge is 0.326 e. The molecule has 1 aliphatic rings. The van der Waals surface area contributed by atoms with Gasteiger partial charge in [0.1, 0.15) is 6.54 Å². The van der Waals surface area contributed by atoms with Gasteiger partial charge < -0.3 is 10.2 Å². The van der Waals surface area contributed by atoms with Gasteiger partial charge in [-0.25, -0.2) is 4.79 Å². The first-order valence-corrected chi connectivity index (χ1v) is 7.37. The molecule has 6 nitrogen and oxygen atoms in total. The van der Waals surface area contributed by atoms with Crippen LogP contribution in [0.4, 0.5) is 10.5 Å². The highest BCUT2D eigenvalue weighted by atomic mass is 35.5. The van der Waals surface area contributed by atoms with E-state index in [1.807, 2.05) is 6.92 Å². The number of aryl methyl sites for hydroxylation is 1. The predicted octanol–water partition coefficient (Wildman–Crippen LogP) is 2.26. The molecule has 4 amide bonds. The Kier molecular flexibility index (Phi) is 5.03. The number of urea groups is 1. The molecule has 0 radical (unpaired) electrons. The van der Waals surface area contributed by atoms with E-state index in [1.54, 1.807) is 25.2 Å². The fraction of sp³-hybridized carbons (Fsp3) is 0.400. The normalized spacial score (nSPS) is 14.7. The number of nitrogens with zero attached hydrogens (tertiary/aromatic N) is 2. The van der Waals surface area contributed by atoms with Crippen LogP contribution in [0.3, 0.4) is 0 Å². The molecular weight excluding hydrogens is 306 g/mol. The van der Waals surface area contributed by atoms with Crippen LogP contribution in [0.15, 0.2) is 18.2 Å². The quantitative estimate of drug-likeness (QED) is 0.845. The van der Waals surface area contributed by atoms with Gasteiger partial charge in [-0.3, -0.25) is 14.5 Å². The van der Waals surface area contributed by atoms with Crippen LogP contribution in [0.5, 0.6) is 0 Å². The Hall–Kier alpha value is -2.08. The zero-order valence-corrected chi connectivity index (χ0v) is 13.3. The minimum Gasteiger partial charge on any atom is -0.326 e. The van der Waals surface area contributed by atoms with Crippen LogP contribution >= 0.6 is 11.6 Å². The van der Waals surface area contributed by atoms with Gasteiger partial charge in [-0.05, 0) is 37.1 Å². The molecule has 118 valence electrons. The maximum atomic E-state index is 11.9. The number of carbonyl (C=O) groups is 3. The molecule has 1 saturated heterocycles. The van der Waals surface area contributed by atoms with Gasteiger partial charge in [-0.1, -0.05) is 11.6 Å². The van der Waals surface area contributed by atoms with Crippen molar-refractivity contribution in [2.24, 2.45) is 0 Å². The summed E-state index contributed by atoms with van der Waals surface area (Å²) in [6, 6.07) is 4.92. The Balaban J connectivity index is 1.81. The van der Waals surface area contributed by atoms with Gasteiger partial charge in [-0.15, -0.1) is 0 Å². The first-order valence-electron chi connectivity index (χ1n) is 7.00. The van der Waals surface area contributed by atoms with E-state index in [9.17, 15) is 14.4 Å². The van der Waals surface area contributed by atoms with Crippen molar-refractivity contribution in [3.63, 3.8) is 0 Å². The van der Waals surface area contributed by atoms with E-state index in [0.29, 0.717) is 17.1 Å². The summed E-state index contributed by atoms with van der Waals surface area (Å²) in [4.78, 5) is 37.7. The van der Waals surface area contributed by atoms with Crippen molar-refractivity contribution in [3.8, 4) is 0 Å². The van der Waals surface area contributed by atoms with Crippen LogP contribution in [0.2, 0.25) is 5.02 Å². The predicted molar refractivity (Wildman–Crippen MR) is 83.8 cm³/mol. The zero-order chi connectivity index (χ0) is 16.3. The van der Waals surface area contributed by atoms with Crippen molar-refractivity contribution in [3.05, 3.63) is 28.8 Å². The Morgan fingerprint density at radius 3 is 2.68 bits per heavy atom. The third-order valence-corrected chi connectivity index (χ3v) is 3.71. The van der Waals surface area contributed by atoms with E-state index in [2.05, 4.69) is 5.32 Å². The number of hydrogen-bond donors (Lipinski definition) is 1. The van der Waals surface area contributed by atoms with Gasteiger partial charge in [0, 0.05) is 30.7 Å². The summed E-state index contributed by atoms with van der Waals surface area (Å²) in [5.74, 6) is -0.376. The molecule has 1 aromatic carbocycles. The van der Waals surface area contributed by atoms with Gasteiger partial charge in [0.05, 0.1) is 0 Å². The standard InChI is InChI=1S/C15H18ClN3O3/c1-10-8-11(16)5-6-12(10)17-13(20)4-3-7-19-14(21)9-18(2)15(19)22/h5-6,8H,3-4,7,9H2,1-2H3,(H,17,20). The number of halogens is 1. The molecule has 0 atom stereocenters. The molecule has 1 fully saturated rings. The molecule has 7 heteroatoms. The third-order valence-electron chi connectivity index (χ3n) is 3.48. The first-order chi connectivity index (χ1) is 10.4. The number of rotatable bonds is 5. The van der Waals surface area contributed by atoms with Crippen LogP contribution in [-0.4, -0.2) is 47.8 Å². The van der Waals surface area contributed by atoms with E-state index in [1.165, 1.54) is 9.80 Å². The molecule has 0 spiro atoms. The molecule has 2 rings (SSSR count). The number of carbonyl (C=O) groups excluding carboxylic acids is 3. The van der Waals surface area contributed by atoms with E-state index in [-0.39, 0.29) is 37.4 Å². The third kappa shape index (κ3) is 3.76. The van der Waals surface area contributed by atoms with Crippen molar-refractivity contribution in [1.29, 1.82) is 0 Å². The maximum absolute atomic E-state index is 11.9. The second kappa shape index (κ2) is 6.79. The van der Waals surface area contributed by atoms with Crippen LogP contribution in [0.25, 0.3) is 0 Å². The molecule has 1 aliphatic heterocycles. The summed E-state index contributed by atoms with van der Waals surface area (Å²) in [7, 11) is 1.58. The topological polar surface area (TPSA) is 69.7 Å². The second-order valence-electron chi connectivity index (χ2n) is 5.29. The maximum Gasteiger partial charge on any atom is 0.326 e. The number of nitrogens with one attached hydrogen (secondary N) is 1. The van der Waals surface area contributed by atoms with Gasteiger partial charge in [-0.2, -0.15) is 0 Å². The zero-order valence-electron chi connectivity index (χ0n) is 12.6. The van der Waals surface area contributed by atoms with Gasteiger partial charge in [0.25, 0.3) is 0 Å². The minimum atomic E-state index is -0.307. The number of hydrogen-bond acceptors (Lipinski definition) is 3. The first kappa shape index (κ1) is 16.3. The highest BCUT2D eigenvalue weighted by molar-refractivity contribution is 6.30. The molecular formula is C15H18ClN3O3. The number of anilines is 1. The molecule has 1 aromatic rings. The lowest BCUT2D eigenvalue weighted by Crippen LogP contribution is -2.32. The monoisotopic (exact) mass is 323 g/mol. The molecule has 0 unspecified atom stereocenters. The highest BCUT2D eigenvalue weighted by Gasteiger charge is 2.32. The molecule has 1 heterocycles. The average Bonchev–Trinajstić information content (AvgIpc) is 2.68. The van der Waals surface area contributed by atoms with Crippen LogP contribution in [0.1, 0.15) is 18.4 Å². The average molecular weight is 324 g/mol. The van der Waals surface area contributed by atoms with E-state index >= 15 is 0 Å². The van der Waals surface area contributed by atoms with Crippen molar-refractivity contribution in [2.45, 2.75) is 19.8 Å². The van der Waals surface area contributed by atoms with Crippen molar-refractivity contribution in [1.82, 2.24) is 9.80 Å². The summed E-state index contributed by atoms with van der Waals surface area (Å²) in [5, 5.41) is 3.41. The lowest BCUT2D eigenvalue weighted by atomic mass is 10.2. The summed E-state index contributed by atoms with van der Waals surface area (Å²) in [5.41, 5.74) is 1.59. The van der Waals surface area contributed by atoms with Gasteiger partial charge in [0.15, 0.2) is 0 Å². The fourth-order valence-electron chi connectivity index (χ4n) is 2.27. The lowest BCUT2D eigenvalue weighted by Gasteiger charge is -2.14. The minimum absolute atomic E-state index is 0.106. The van der Waals surface area contributed by atoms with E-state index in [4.69, 9.17) is 11.6 Å². The summed E-state index contributed by atoms with van der Waals surface area (Å²) < 4.78 is 0. The lowest BCUT2D eigenvalue weighted by molar-refractivity contribution is -0.125. The Morgan fingerprint density at radius 2 is 2.09 bits per heavy atom. The molecule has 0 saturated carbocycles. The summed E-state index contributed by atoms with van der Waals surface area (Å²) in [6.45, 7) is 2.23. The fourth-order valence-corrected chi connectivity index (χ4v) is 2.49. The molecule has 0 aromatic heterocycles. The van der Waals surface area contributed by atoms with Gasteiger partial charge in [0.2, 0.25) is 11.8 Å². The smallest absolute Gasteiger partial charge is 0.326 e. The summed E-state index contributed by atoms with van der Waals surface area (Å²) in [6.07, 6.45) is 0.673. The number of imide groups is 1. The second-order valence-corrected chi connectivity index (χ2v) is 5.73. The van der Waals surface area contributed by atoms with Crippen LogP contribution in [0, 0.1) is 6.92 Å². The Labute approximate surface area is 134 Å². The van der Waals surface area contributed by atoms with Crippen LogP contribution < -0.4 is 5.32 Å². The molecule has 1 N–H and O–H groups in total. The van der Waals surface area contributed by atoms with Gasteiger partial charge >= 0.3 is 6.03 Å². The highest BCUT2D eigenvalue weighted by Crippen LogP contribution is 2.20.